The number of fused-ring (bicyclic) bond motifs is 1. The fraction of sp³-hybridized carbons (Fsp3) is 0.222. The van der Waals surface area contributed by atoms with Gasteiger partial charge in [0, 0.05) is 23.1 Å². The Morgan fingerprint density at radius 3 is 2.50 bits per heavy atom. The second kappa shape index (κ2) is 8.09. The first-order valence-electron chi connectivity index (χ1n) is 8.25. The standard InChI is InChI=1S/C18H12F6N2O3S/c19-17(20,21)9-4-5-13-12(6-9)26-16(28)14(30-13)8-15(27)25-10-2-1-3-11(7-10)29-18(22,23)24/h1-7,14H,8H2,(H,25,27)(H,26,28). The lowest BCUT2D eigenvalue weighted by Gasteiger charge is -2.24. The molecule has 30 heavy (non-hydrogen) atoms. The van der Waals surface area contributed by atoms with Crippen LogP contribution in [-0.2, 0) is 15.8 Å². The highest BCUT2D eigenvalue weighted by molar-refractivity contribution is 8.01. The summed E-state index contributed by atoms with van der Waals surface area (Å²) in [5.41, 5.74) is -0.897. The molecule has 160 valence electrons. The van der Waals surface area contributed by atoms with Crippen molar-refractivity contribution < 1.29 is 40.7 Å². The van der Waals surface area contributed by atoms with Crippen LogP contribution in [0.25, 0.3) is 0 Å². The first-order chi connectivity index (χ1) is 13.9. The maximum absolute atomic E-state index is 12.8. The van der Waals surface area contributed by atoms with Crippen molar-refractivity contribution in [3.63, 3.8) is 0 Å². The van der Waals surface area contributed by atoms with Gasteiger partial charge in [-0.25, -0.2) is 0 Å². The topological polar surface area (TPSA) is 67.4 Å². The van der Waals surface area contributed by atoms with Crippen LogP contribution in [0, 0.1) is 0 Å². The van der Waals surface area contributed by atoms with Crippen LogP contribution in [0.3, 0.4) is 0 Å². The van der Waals surface area contributed by atoms with Crippen molar-refractivity contribution in [1.82, 2.24) is 0 Å². The summed E-state index contributed by atoms with van der Waals surface area (Å²) < 4.78 is 79.0. The zero-order valence-corrected chi connectivity index (χ0v) is 15.5. The van der Waals surface area contributed by atoms with Gasteiger partial charge in [-0.15, -0.1) is 24.9 Å². The molecule has 0 spiro atoms. The van der Waals surface area contributed by atoms with Crippen LogP contribution in [-0.4, -0.2) is 23.4 Å². The molecule has 2 aromatic rings. The highest BCUT2D eigenvalue weighted by Gasteiger charge is 2.34. The monoisotopic (exact) mass is 450 g/mol. The summed E-state index contributed by atoms with van der Waals surface area (Å²) in [6.07, 6.45) is -9.80. The van der Waals surface area contributed by atoms with Gasteiger partial charge in [0.1, 0.15) is 5.75 Å². The lowest BCUT2D eigenvalue weighted by atomic mass is 10.1. The van der Waals surface area contributed by atoms with Gasteiger partial charge in [-0.2, -0.15) is 13.2 Å². The molecular weight excluding hydrogens is 438 g/mol. The predicted molar refractivity (Wildman–Crippen MR) is 96.1 cm³/mol. The van der Waals surface area contributed by atoms with E-state index in [-0.39, 0.29) is 17.8 Å². The van der Waals surface area contributed by atoms with Crippen LogP contribution >= 0.6 is 11.8 Å². The third-order valence-corrected chi connectivity index (χ3v) is 5.12. The molecule has 0 saturated heterocycles. The quantitative estimate of drug-likeness (QED) is 0.641. The molecule has 1 atom stereocenters. The SMILES string of the molecule is O=C(CC1Sc2ccc(C(F)(F)F)cc2NC1=O)Nc1cccc(OC(F)(F)F)c1. The average molecular weight is 450 g/mol. The summed E-state index contributed by atoms with van der Waals surface area (Å²) in [5.74, 6) is -1.85. The summed E-state index contributed by atoms with van der Waals surface area (Å²) in [6, 6.07) is 7.48. The van der Waals surface area contributed by atoms with Crippen LogP contribution in [0.2, 0.25) is 0 Å². The lowest BCUT2D eigenvalue weighted by Crippen LogP contribution is -2.32. The summed E-state index contributed by atoms with van der Waals surface area (Å²) in [5, 5.41) is 3.78. The maximum atomic E-state index is 12.8. The van der Waals surface area contributed by atoms with Crippen molar-refractivity contribution in [2.75, 3.05) is 10.6 Å². The first-order valence-corrected chi connectivity index (χ1v) is 9.13. The molecule has 0 fully saturated rings. The van der Waals surface area contributed by atoms with E-state index in [9.17, 15) is 35.9 Å². The Morgan fingerprint density at radius 2 is 1.83 bits per heavy atom. The molecule has 1 aliphatic rings. The number of hydrogen-bond acceptors (Lipinski definition) is 4. The highest BCUT2D eigenvalue weighted by Crippen LogP contribution is 2.40. The molecule has 12 heteroatoms. The zero-order chi connectivity index (χ0) is 22.1. The van der Waals surface area contributed by atoms with Crippen LogP contribution in [0.5, 0.6) is 5.75 Å². The van der Waals surface area contributed by atoms with Gasteiger partial charge in [-0.1, -0.05) is 6.07 Å². The second-order valence-electron chi connectivity index (χ2n) is 6.13. The Balaban J connectivity index is 1.65. The number of amides is 2. The molecular formula is C18H12F6N2O3S. The molecule has 1 heterocycles. The molecule has 0 bridgehead atoms. The van der Waals surface area contributed by atoms with Gasteiger partial charge in [0.05, 0.1) is 16.5 Å². The average Bonchev–Trinajstić information content (AvgIpc) is 2.60. The zero-order valence-electron chi connectivity index (χ0n) is 14.7. The fourth-order valence-electron chi connectivity index (χ4n) is 2.61. The van der Waals surface area contributed by atoms with Crippen molar-refractivity contribution >= 4 is 35.0 Å². The third kappa shape index (κ3) is 5.59. The van der Waals surface area contributed by atoms with E-state index in [1.54, 1.807) is 0 Å². The van der Waals surface area contributed by atoms with Crippen LogP contribution in [0.15, 0.2) is 47.4 Å². The molecule has 2 amide bonds. The van der Waals surface area contributed by atoms with Crippen molar-refractivity contribution in [2.24, 2.45) is 0 Å². The number of thioether (sulfide) groups is 1. The largest absolute Gasteiger partial charge is 0.573 e. The van der Waals surface area contributed by atoms with Gasteiger partial charge < -0.3 is 15.4 Å². The molecule has 0 aliphatic carbocycles. The molecule has 0 radical (unpaired) electrons. The number of carbonyl (C=O) groups is 2. The number of alkyl halides is 6. The van der Waals surface area contributed by atoms with Gasteiger partial charge >= 0.3 is 12.5 Å². The van der Waals surface area contributed by atoms with Gasteiger partial charge in [0.15, 0.2) is 0 Å². The number of nitrogens with one attached hydrogen (secondary N) is 2. The molecule has 2 aromatic carbocycles. The summed E-state index contributed by atoms with van der Waals surface area (Å²) in [6.45, 7) is 0. The van der Waals surface area contributed by atoms with Crippen molar-refractivity contribution in [1.29, 1.82) is 0 Å². The van der Waals surface area contributed by atoms with Gasteiger partial charge in [-0.3, -0.25) is 9.59 Å². The number of benzene rings is 2. The molecule has 1 aliphatic heterocycles. The second-order valence-corrected chi connectivity index (χ2v) is 7.38. The van der Waals surface area contributed by atoms with Crippen LogP contribution < -0.4 is 15.4 Å². The number of hydrogen-bond donors (Lipinski definition) is 2. The van der Waals surface area contributed by atoms with E-state index in [1.165, 1.54) is 18.2 Å². The number of anilines is 2. The Kier molecular flexibility index (Phi) is 5.88. The molecule has 3 rings (SSSR count). The number of carbonyl (C=O) groups excluding carboxylic acids is 2. The fourth-order valence-corrected chi connectivity index (χ4v) is 3.70. The van der Waals surface area contributed by atoms with Crippen molar-refractivity contribution in [3.05, 3.63) is 48.0 Å². The summed E-state index contributed by atoms with van der Waals surface area (Å²) in [4.78, 5) is 24.7. The Labute approximate surface area is 169 Å². The van der Waals surface area contributed by atoms with E-state index < -0.39 is 40.9 Å². The third-order valence-electron chi connectivity index (χ3n) is 3.85. The van der Waals surface area contributed by atoms with Crippen LogP contribution in [0.1, 0.15) is 12.0 Å². The molecule has 0 saturated carbocycles. The van der Waals surface area contributed by atoms with E-state index in [0.29, 0.717) is 4.90 Å². The van der Waals surface area contributed by atoms with Gasteiger partial charge in [0.2, 0.25) is 11.8 Å². The number of halogens is 6. The van der Waals surface area contributed by atoms with Crippen molar-refractivity contribution in [3.8, 4) is 5.75 Å². The first kappa shape index (κ1) is 21.8. The number of ether oxygens (including phenoxy) is 1. The Hall–Kier alpha value is -2.89. The van der Waals surface area contributed by atoms with Crippen molar-refractivity contribution in [2.45, 2.75) is 29.1 Å². The van der Waals surface area contributed by atoms with E-state index >= 15 is 0 Å². The van der Waals surface area contributed by atoms with E-state index in [0.717, 1.165) is 36.0 Å². The smallest absolute Gasteiger partial charge is 0.406 e. The predicted octanol–water partition coefficient (Wildman–Crippen LogP) is 5.05. The minimum Gasteiger partial charge on any atom is -0.406 e. The van der Waals surface area contributed by atoms with E-state index in [4.69, 9.17) is 0 Å². The maximum Gasteiger partial charge on any atom is 0.573 e. The van der Waals surface area contributed by atoms with Crippen LogP contribution in [0.4, 0.5) is 37.7 Å². The molecule has 1 unspecified atom stereocenters. The summed E-state index contributed by atoms with van der Waals surface area (Å²) >= 11 is 0.921. The minimum absolute atomic E-state index is 0.00603. The highest BCUT2D eigenvalue weighted by atomic mass is 32.2. The molecule has 5 nitrogen and oxygen atoms in total. The molecule has 2 N–H and O–H groups in total. The normalized spacial score (nSPS) is 16.5. The summed E-state index contributed by atoms with van der Waals surface area (Å²) in [7, 11) is 0. The van der Waals surface area contributed by atoms with Gasteiger partial charge in [0.25, 0.3) is 0 Å². The van der Waals surface area contributed by atoms with E-state index in [2.05, 4.69) is 15.4 Å². The minimum atomic E-state index is -4.89. The molecule has 0 aromatic heterocycles. The lowest BCUT2D eigenvalue weighted by molar-refractivity contribution is -0.274. The Bertz CT molecular complexity index is 977. The number of rotatable bonds is 4. The Morgan fingerprint density at radius 1 is 1.10 bits per heavy atom. The van der Waals surface area contributed by atoms with Gasteiger partial charge in [-0.05, 0) is 30.3 Å². The van der Waals surface area contributed by atoms with E-state index in [1.807, 2.05) is 0 Å².